The first kappa shape index (κ1) is 18.1. The van der Waals surface area contributed by atoms with Gasteiger partial charge in [0.15, 0.2) is 11.9 Å². The van der Waals surface area contributed by atoms with Crippen LogP contribution in [-0.2, 0) is 27.2 Å². The number of anilines is 1. The number of carbonyl (C=O) groups is 2. The Labute approximate surface area is 151 Å². The van der Waals surface area contributed by atoms with Gasteiger partial charge < -0.3 is 19.5 Å². The molecular weight excluding hydrogens is 336 g/mol. The molecule has 138 valence electrons. The van der Waals surface area contributed by atoms with Crippen LogP contribution in [0.1, 0.15) is 25.1 Å². The van der Waals surface area contributed by atoms with Crippen molar-refractivity contribution in [3.63, 3.8) is 0 Å². The van der Waals surface area contributed by atoms with E-state index >= 15 is 0 Å². The van der Waals surface area contributed by atoms with E-state index in [2.05, 4.69) is 15.5 Å². The normalized spacial score (nSPS) is 17.1. The second kappa shape index (κ2) is 8.57. The summed E-state index contributed by atoms with van der Waals surface area (Å²) in [7, 11) is 0. The number of amides is 2. The van der Waals surface area contributed by atoms with E-state index < -0.39 is 6.10 Å². The molecule has 1 fully saturated rings. The van der Waals surface area contributed by atoms with Gasteiger partial charge in [0, 0.05) is 31.5 Å². The molecule has 0 aliphatic carbocycles. The van der Waals surface area contributed by atoms with Gasteiger partial charge in [-0.15, -0.1) is 0 Å². The number of rotatable bonds is 6. The minimum absolute atomic E-state index is 0.0536. The highest BCUT2D eigenvalue weighted by Gasteiger charge is 2.29. The van der Waals surface area contributed by atoms with Crippen molar-refractivity contribution in [2.45, 2.75) is 32.3 Å². The number of carbonyl (C=O) groups excluding carboxylic acids is 2. The molecule has 2 amide bonds. The van der Waals surface area contributed by atoms with Crippen molar-refractivity contribution >= 4 is 17.5 Å². The molecule has 0 radical (unpaired) electrons. The van der Waals surface area contributed by atoms with Crippen molar-refractivity contribution in [1.82, 2.24) is 15.0 Å². The van der Waals surface area contributed by atoms with E-state index in [1.807, 2.05) is 25.1 Å². The molecule has 1 aliphatic rings. The van der Waals surface area contributed by atoms with Crippen LogP contribution in [0.3, 0.4) is 0 Å². The third-order valence-corrected chi connectivity index (χ3v) is 4.13. The predicted molar refractivity (Wildman–Crippen MR) is 93.4 cm³/mol. The lowest BCUT2D eigenvalue weighted by atomic mass is 10.2. The number of benzene rings is 1. The van der Waals surface area contributed by atoms with E-state index in [-0.39, 0.29) is 24.8 Å². The first-order valence-corrected chi connectivity index (χ1v) is 8.72. The number of morpholine rings is 1. The summed E-state index contributed by atoms with van der Waals surface area (Å²) >= 11 is 0. The van der Waals surface area contributed by atoms with Gasteiger partial charge in [-0.05, 0) is 12.1 Å². The van der Waals surface area contributed by atoms with E-state index in [9.17, 15) is 9.59 Å². The van der Waals surface area contributed by atoms with Crippen molar-refractivity contribution in [3.05, 3.63) is 42.0 Å². The molecule has 1 saturated heterocycles. The standard InChI is InChI=1S/C18H22N4O4/c1-2-15-20-16(26-21-15)8-9-17(23)22-10-11-25-14(12-22)18(24)19-13-6-4-3-5-7-13/h3-7,14H,2,8-12H2,1H3,(H,19,24)/t14-/m1/s1. The Kier molecular flexibility index (Phi) is 5.96. The zero-order chi connectivity index (χ0) is 18.4. The summed E-state index contributed by atoms with van der Waals surface area (Å²) in [5.74, 6) is 0.790. The quantitative estimate of drug-likeness (QED) is 0.839. The lowest BCUT2D eigenvalue weighted by Crippen LogP contribution is -2.50. The number of nitrogens with one attached hydrogen (secondary N) is 1. The lowest BCUT2D eigenvalue weighted by Gasteiger charge is -2.32. The van der Waals surface area contributed by atoms with Gasteiger partial charge in [0.05, 0.1) is 13.2 Å². The third-order valence-electron chi connectivity index (χ3n) is 4.13. The number of hydrogen-bond donors (Lipinski definition) is 1. The van der Waals surface area contributed by atoms with Crippen LogP contribution in [-0.4, -0.2) is 52.7 Å². The van der Waals surface area contributed by atoms with Crippen LogP contribution in [0.15, 0.2) is 34.9 Å². The number of nitrogens with zero attached hydrogens (tertiary/aromatic N) is 3. The number of ether oxygens (including phenoxy) is 1. The van der Waals surface area contributed by atoms with Gasteiger partial charge in [0.2, 0.25) is 11.8 Å². The first-order valence-electron chi connectivity index (χ1n) is 8.72. The van der Waals surface area contributed by atoms with Crippen LogP contribution in [0, 0.1) is 0 Å². The largest absolute Gasteiger partial charge is 0.365 e. The van der Waals surface area contributed by atoms with Crippen LogP contribution in [0.4, 0.5) is 5.69 Å². The maximum absolute atomic E-state index is 12.4. The summed E-state index contributed by atoms with van der Waals surface area (Å²) < 4.78 is 10.6. The molecule has 1 aromatic heterocycles. The van der Waals surface area contributed by atoms with E-state index in [0.29, 0.717) is 43.4 Å². The molecule has 0 unspecified atom stereocenters. The SMILES string of the molecule is CCc1noc(CCC(=O)N2CCO[C@@H](C(=O)Nc3ccccc3)C2)n1. The van der Waals surface area contributed by atoms with Gasteiger partial charge in [-0.25, -0.2) is 0 Å². The zero-order valence-corrected chi connectivity index (χ0v) is 14.7. The lowest BCUT2D eigenvalue weighted by molar-refractivity contribution is -0.144. The maximum atomic E-state index is 12.4. The van der Waals surface area contributed by atoms with Crippen LogP contribution in [0.2, 0.25) is 0 Å². The molecule has 1 atom stereocenters. The van der Waals surface area contributed by atoms with Gasteiger partial charge in [-0.3, -0.25) is 9.59 Å². The van der Waals surface area contributed by atoms with E-state index in [1.54, 1.807) is 17.0 Å². The van der Waals surface area contributed by atoms with Crippen LogP contribution in [0.5, 0.6) is 0 Å². The minimum Gasteiger partial charge on any atom is -0.365 e. The number of para-hydroxylation sites is 1. The molecule has 0 saturated carbocycles. The Morgan fingerprint density at radius 2 is 2.12 bits per heavy atom. The summed E-state index contributed by atoms with van der Waals surface area (Å²) in [5, 5.41) is 6.62. The van der Waals surface area contributed by atoms with Crippen molar-refractivity contribution in [2.75, 3.05) is 25.0 Å². The van der Waals surface area contributed by atoms with Crippen molar-refractivity contribution < 1.29 is 18.8 Å². The molecule has 1 aliphatic heterocycles. The van der Waals surface area contributed by atoms with Crippen LogP contribution >= 0.6 is 0 Å². The van der Waals surface area contributed by atoms with Gasteiger partial charge >= 0.3 is 0 Å². The minimum atomic E-state index is -0.678. The van der Waals surface area contributed by atoms with Gasteiger partial charge in [-0.2, -0.15) is 4.98 Å². The fourth-order valence-corrected chi connectivity index (χ4v) is 2.69. The highest BCUT2D eigenvalue weighted by molar-refractivity contribution is 5.94. The smallest absolute Gasteiger partial charge is 0.255 e. The fraction of sp³-hybridized carbons (Fsp3) is 0.444. The Hall–Kier alpha value is -2.74. The molecule has 26 heavy (non-hydrogen) atoms. The molecule has 8 nitrogen and oxygen atoms in total. The van der Waals surface area contributed by atoms with Gasteiger partial charge in [-0.1, -0.05) is 30.3 Å². The molecule has 8 heteroatoms. The molecule has 2 heterocycles. The van der Waals surface area contributed by atoms with Crippen LogP contribution in [0.25, 0.3) is 0 Å². The maximum Gasteiger partial charge on any atom is 0.255 e. The van der Waals surface area contributed by atoms with Gasteiger partial charge in [0.1, 0.15) is 0 Å². The molecule has 1 N–H and O–H groups in total. The predicted octanol–water partition coefficient (Wildman–Crippen LogP) is 1.43. The number of aromatic nitrogens is 2. The van der Waals surface area contributed by atoms with E-state index in [1.165, 1.54) is 0 Å². The van der Waals surface area contributed by atoms with Crippen molar-refractivity contribution in [1.29, 1.82) is 0 Å². The average Bonchev–Trinajstić information content (AvgIpc) is 3.15. The molecule has 0 spiro atoms. The summed E-state index contributed by atoms with van der Waals surface area (Å²) in [5.41, 5.74) is 0.702. The first-order chi connectivity index (χ1) is 12.7. The van der Waals surface area contributed by atoms with E-state index in [4.69, 9.17) is 9.26 Å². The second-order valence-corrected chi connectivity index (χ2v) is 6.01. The molecule has 3 rings (SSSR count). The highest BCUT2D eigenvalue weighted by Crippen LogP contribution is 2.12. The molecule has 2 aromatic rings. The Bertz CT molecular complexity index is 747. The Morgan fingerprint density at radius 3 is 2.85 bits per heavy atom. The average molecular weight is 358 g/mol. The van der Waals surface area contributed by atoms with E-state index in [0.717, 1.165) is 0 Å². The third kappa shape index (κ3) is 4.66. The van der Waals surface area contributed by atoms with Crippen LogP contribution < -0.4 is 5.32 Å². The summed E-state index contributed by atoms with van der Waals surface area (Å²) in [6, 6.07) is 9.17. The number of aryl methyl sites for hydroxylation is 2. The van der Waals surface area contributed by atoms with Crippen molar-refractivity contribution in [3.8, 4) is 0 Å². The summed E-state index contributed by atoms with van der Waals surface area (Å²) in [6.07, 6.45) is 0.671. The summed E-state index contributed by atoms with van der Waals surface area (Å²) in [6.45, 7) is 2.98. The molecule has 0 bridgehead atoms. The zero-order valence-electron chi connectivity index (χ0n) is 14.7. The molecule has 1 aromatic carbocycles. The number of hydrogen-bond acceptors (Lipinski definition) is 6. The highest BCUT2D eigenvalue weighted by atomic mass is 16.5. The fourth-order valence-electron chi connectivity index (χ4n) is 2.69. The summed E-state index contributed by atoms with van der Waals surface area (Å²) in [4.78, 5) is 30.6. The molecular formula is C18H22N4O4. The Balaban J connectivity index is 1.50. The second-order valence-electron chi connectivity index (χ2n) is 6.01. The van der Waals surface area contributed by atoms with Crippen molar-refractivity contribution in [2.24, 2.45) is 0 Å². The Morgan fingerprint density at radius 1 is 1.31 bits per heavy atom. The monoisotopic (exact) mass is 358 g/mol. The topological polar surface area (TPSA) is 97.6 Å². The van der Waals surface area contributed by atoms with Gasteiger partial charge in [0.25, 0.3) is 5.91 Å².